The molecule has 1 amide bonds. The maximum Gasteiger partial charge on any atom is 0.272 e. The topological polar surface area (TPSA) is 82.5 Å². The van der Waals surface area contributed by atoms with Gasteiger partial charge in [-0.05, 0) is 35.2 Å². The van der Waals surface area contributed by atoms with Gasteiger partial charge in [0.1, 0.15) is 16.2 Å². The third-order valence-corrected chi connectivity index (χ3v) is 6.88. The third-order valence-electron chi connectivity index (χ3n) is 5.01. The van der Waals surface area contributed by atoms with Crippen LogP contribution in [0.5, 0.6) is 11.5 Å². The van der Waals surface area contributed by atoms with E-state index in [-0.39, 0.29) is 17.2 Å². The predicted octanol–water partition coefficient (Wildman–Crippen LogP) is 3.93. The zero-order valence-corrected chi connectivity index (χ0v) is 19.9. The van der Waals surface area contributed by atoms with E-state index in [0.29, 0.717) is 34.2 Å². The summed E-state index contributed by atoms with van der Waals surface area (Å²) in [5.41, 5.74) is 2.32. The first-order valence-corrected chi connectivity index (χ1v) is 12.1. The summed E-state index contributed by atoms with van der Waals surface area (Å²) in [5.74, 6) is 1.43. The summed E-state index contributed by atoms with van der Waals surface area (Å²) in [6, 6.07) is 16.9. The fourth-order valence-corrected chi connectivity index (χ4v) is 4.95. The molecule has 4 rings (SSSR count). The summed E-state index contributed by atoms with van der Waals surface area (Å²) in [5, 5.41) is 5.25. The molecule has 0 unspecified atom stereocenters. The van der Waals surface area contributed by atoms with Gasteiger partial charge in [0.2, 0.25) is 5.91 Å². The zero-order chi connectivity index (χ0) is 23.2. The average Bonchev–Trinajstić information content (AvgIpc) is 3.32. The number of hydrogen-bond donors (Lipinski definition) is 1. The molecule has 4 aromatic rings. The summed E-state index contributed by atoms with van der Waals surface area (Å²) in [4.78, 5) is 30.4. The van der Waals surface area contributed by atoms with Crippen LogP contribution < -0.4 is 20.3 Å². The van der Waals surface area contributed by atoms with Gasteiger partial charge < -0.3 is 14.8 Å². The van der Waals surface area contributed by atoms with Gasteiger partial charge in [0.05, 0.1) is 32.0 Å². The van der Waals surface area contributed by atoms with E-state index in [0.717, 1.165) is 16.9 Å². The Hall–Kier alpha value is -3.30. The summed E-state index contributed by atoms with van der Waals surface area (Å²) in [6.45, 7) is 0.694. The van der Waals surface area contributed by atoms with Gasteiger partial charge in [-0.25, -0.2) is 4.98 Å². The van der Waals surface area contributed by atoms with Crippen LogP contribution in [0.25, 0.3) is 10.2 Å². The maximum absolute atomic E-state index is 13.2. The lowest BCUT2D eigenvalue weighted by Crippen LogP contribution is -2.27. The number of hydrogen-bond acceptors (Lipinski definition) is 7. The molecular weight excluding hydrogens is 458 g/mol. The molecule has 9 heteroatoms. The first kappa shape index (κ1) is 22.9. The highest BCUT2D eigenvalue weighted by Crippen LogP contribution is 2.24. The van der Waals surface area contributed by atoms with Gasteiger partial charge in [-0.15, -0.1) is 11.3 Å². The van der Waals surface area contributed by atoms with Crippen molar-refractivity contribution in [1.82, 2.24) is 14.9 Å². The minimum atomic E-state index is -0.147. The average molecular weight is 482 g/mol. The molecule has 0 bridgehead atoms. The highest BCUT2D eigenvalue weighted by Gasteiger charge is 2.16. The molecule has 0 aliphatic rings. The minimum absolute atomic E-state index is 0.125. The molecule has 1 N–H and O–H groups in total. The number of amides is 1. The van der Waals surface area contributed by atoms with Crippen molar-refractivity contribution < 1.29 is 14.3 Å². The van der Waals surface area contributed by atoms with Crippen LogP contribution in [0.15, 0.2) is 69.9 Å². The van der Waals surface area contributed by atoms with Crippen molar-refractivity contribution in [2.75, 3.05) is 20.0 Å². The molecule has 0 saturated heterocycles. The number of nitrogens with zero attached hydrogens (tertiary/aromatic N) is 2. The first-order valence-electron chi connectivity index (χ1n) is 10.2. The van der Waals surface area contributed by atoms with E-state index in [1.807, 2.05) is 60.0 Å². The van der Waals surface area contributed by atoms with E-state index in [4.69, 9.17) is 9.47 Å². The van der Waals surface area contributed by atoms with Gasteiger partial charge in [-0.3, -0.25) is 14.2 Å². The lowest BCUT2D eigenvalue weighted by molar-refractivity contribution is -0.118. The number of ether oxygens (including phenoxy) is 2. The van der Waals surface area contributed by atoms with Gasteiger partial charge in [0.25, 0.3) is 5.56 Å². The van der Waals surface area contributed by atoms with Crippen LogP contribution in [0.4, 0.5) is 0 Å². The van der Waals surface area contributed by atoms with Crippen LogP contribution in [0.3, 0.4) is 0 Å². The number of rotatable bonds is 9. The largest absolute Gasteiger partial charge is 0.497 e. The number of carbonyl (C=O) groups is 1. The zero-order valence-electron chi connectivity index (χ0n) is 18.2. The van der Waals surface area contributed by atoms with E-state index in [1.54, 1.807) is 18.8 Å². The van der Waals surface area contributed by atoms with Crippen LogP contribution in [-0.2, 0) is 17.9 Å². The van der Waals surface area contributed by atoms with E-state index in [1.165, 1.54) is 23.1 Å². The molecule has 2 aromatic carbocycles. The lowest BCUT2D eigenvalue weighted by atomic mass is 10.2. The number of para-hydroxylation sites is 1. The van der Waals surface area contributed by atoms with E-state index in [2.05, 4.69) is 10.3 Å². The van der Waals surface area contributed by atoms with E-state index < -0.39 is 0 Å². The molecule has 2 heterocycles. The SMILES string of the molecule is COc1cccc(CNC(=O)CSc2nc3ccsc3c(=O)n2Cc2ccccc2OC)c1. The van der Waals surface area contributed by atoms with Crippen molar-refractivity contribution in [3.05, 3.63) is 81.5 Å². The number of fused-ring (bicyclic) bond motifs is 1. The fourth-order valence-electron chi connectivity index (χ4n) is 3.34. The molecule has 0 saturated carbocycles. The standard InChI is InChI=1S/C24H23N3O4S2/c1-30-18-8-5-6-16(12-18)13-25-21(28)15-33-24-26-19-10-11-32-22(19)23(29)27(24)14-17-7-3-4-9-20(17)31-2/h3-12H,13-15H2,1-2H3,(H,25,28). The predicted molar refractivity (Wildman–Crippen MR) is 132 cm³/mol. The fraction of sp³-hybridized carbons (Fsp3) is 0.208. The molecule has 33 heavy (non-hydrogen) atoms. The van der Waals surface area contributed by atoms with Gasteiger partial charge in [-0.1, -0.05) is 42.1 Å². The van der Waals surface area contributed by atoms with Crippen molar-refractivity contribution in [3.63, 3.8) is 0 Å². The second-order valence-corrected chi connectivity index (χ2v) is 9.01. The number of nitrogens with one attached hydrogen (secondary N) is 1. The van der Waals surface area contributed by atoms with E-state index >= 15 is 0 Å². The molecule has 0 radical (unpaired) electrons. The number of methoxy groups -OCH3 is 2. The van der Waals surface area contributed by atoms with Crippen LogP contribution in [0.1, 0.15) is 11.1 Å². The quantitative estimate of drug-likeness (QED) is 0.288. The minimum Gasteiger partial charge on any atom is -0.497 e. The molecule has 170 valence electrons. The number of thiophene rings is 1. The highest BCUT2D eigenvalue weighted by molar-refractivity contribution is 7.99. The summed E-state index contributed by atoms with van der Waals surface area (Å²) in [6.07, 6.45) is 0. The Balaban J connectivity index is 1.52. The van der Waals surface area contributed by atoms with Crippen LogP contribution >= 0.6 is 23.1 Å². The number of aromatic nitrogens is 2. The lowest BCUT2D eigenvalue weighted by Gasteiger charge is -2.14. The molecule has 0 fully saturated rings. The monoisotopic (exact) mass is 481 g/mol. The van der Waals surface area contributed by atoms with Gasteiger partial charge >= 0.3 is 0 Å². The molecule has 0 aliphatic heterocycles. The number of carbonyl (C=O) groups excluding carboxylic acids is 1. The Morgan fingerprint density at radius 2 is 1.97 bits per heavy atom. The normalized spacial score (nSPS) is 10.8. The Kier molecular flexibility index (Phi) is 7.31. The van der Waals surface area contributed by atoms with Crippen molar-refractivity contribution in [2.24, 2.45) is 0 Å². The van der Waals surface area contributed by atoms with E-state index in [9.17, 15) is 9.59 Å². The Labute approximate surface area is 199 Å². The second-order valence-electron chi connectivity index (χ2n) is 7.15. The van der Waals surface area contributed by atoms with Gasteiger partial charge in [0, 0.05) is 12.1 Å². The molecular formula is C24H23N3O4S2. The molecule has 7 nitrogen and oxygen atoms in total. The highest BCUT2D eigenvalue weighted by atomic mass is 32.2. The Bertz CT molecular complexity index is 1330. The summed E-state index contributed by atoms with van der Waals surface area (Å²) in [7, 11) is 3.21. The van der Waals surface area contributed by atoms with Gasteiger partial charge in [0.15, 0.2) is 5.16 Å². The smallest absolute Gasteiger partial charge is 0.272 e. The van der Waals surface area contributed by atoms with Crippen LogP contribution in [-0.4, -0.2) is 35.4 Å². The molecule has 0 aliphatic carbocycles. The molecule has 0 atom stereocenters. The molecule has 0 spiro atoms. The van der Waals surface area contributed by atoms with Crippen LogP contribution in [0.2, 0.25) is 0 Å². The maximum atomic E-state index is 13.2. The second kappa shape index (κ2) is 10.5. The Morgan fingerprint density at radius 1 is 1.12 bits per heavy atom. The Morgan fingerprint density at radius 3 is 2.79 bits per heavy atom. The van der Waals surface area contributed by atoms with Gasteiger partial charge in [-0.2, -0.15) is 0 Å². The third kappa shape index (κ3) is 5.37. The van der Waals surface area contributed by atoms with Crippen molar-refractivity contribution >= 4 is 39.2 Å². The van der Waals surface area contributed by atoms with Crippen LogP contribution in [0, 0.1) is 0 Å². The molecule has 2 aromatic heterocycles. The van der Waals surface area contributed by atoms with Crippen molar-refractivity contribution in [2.45, 2.75) is 18.2 Å². The van der Waals surface area contributed by atoms with Crippen molar-refractivity contribution in [1.29, 1.82) is 0 Å². The summed E-state index contributed by atoms with van der Waals surface area (Å²) >= 11 is 2.61. The number of benzene rings is 2. The summed E-state index contributed by atoms with van der Waals surface area (Å²) < 4.78 is 12.9. The number of thioether (sulfide) groups is 1. The first-order chi connectivity index (χ1) is 16.1. The van der Waals surface area contributed by atoms with Crippen molar-refractivity contribution in [3.8, 4) is 11.5 Å².